The second kappa shape index (κ2) is 3.29. The second-order valence-electron chi connectivity index (χ2n) is 2.64. The first-order valence-corrected chi connectivity index (χ1v) is 5.27. The summed E-state index contributed by atoms with van der Waals surface area (Å²) in [4.78, 5) is 10.1. The summed E-state index contributed by atoms with van der Waals surface area (Å²) in [5, 5.41) is 12.3. The molecule has 3 nitrogen and oxygen atoms in total. The normalized spacial score (nSPS) is 10.7. The van der Waals surface area contributed by atoms with Crippen molar-refractivity contribution in [1.29, 1.82) is 0 Å². The summed E-state index contributed by atoms with van der Waals surface area (Å²) >= 11 is 4.19. The highest BCUT2D eigenvalue weighted by Gasteiger charge is 2.15. The topological polar surface area (TPSA) is 43.1 Å². The largest absolute Gasteiger partial charge is 0.284 e. The first-order chi connectivity index (χ1) is 6.59. The van der Waals surface area contributed by atoms with Gasteiger partial charge in [-0.1, -0.05) is 0 Å². The maximum Gasteiger partial charge on any atom is 0.284 e. The van der Waals surface area contributed by atoms with Gasteiger partial charge in [0.1, 0.15) is 5.82 Å². The Balaban J connectivity index is 2.79. The summed E-state index contributed by atoms with van der Waals surface area (Å²) in [5.74, 6) is -0.347. The van der Waals surface area contributed by atoms with Gasteiger partial charge in [-0.3, -0.25) is 10.1 Å². The summed E-state index contributed by atoms with van der Waals surface area (Å²) in [6.07, 6.45) is 0. The zero-order valence-electron chi connectivity index (χ0n) is 6.66. The quantitative estimate of drug-likeness (QED) is 0.588. The lowest BCUT2D eigenvalue weighted by Gasteiger charge is -1.95. The van der Waals surface area contributed by atoms with E-state index >= 15 is 0 Å². The number of fused-ring (bicyclic) bond motifs is 1. The van der Waals surface area contributed by atoms with Gasteiger partial charge in [-0.2, -0.15) is 0 Å². The van der Waals surface area contributed by atoms with Gasteiger partial charge in [-0.15, -0.1) is 11.3 Å². The van der Waals surface area contributed by atoms with Crippen LogP contribution in [0.25, 0.3) is 10.1 Å². The van der Waals surface area contributed by atoms with Crippen LogP contribution in [0.2, 0.25) is 0 Å². The van der Waals surface area contributed by atoms with Crippen LogP contribution >= 0.6 is 27.3 Å². The molecule has 6 heteroatoms. The molecule has 0 saturated heterocycles. The van der Waals surface area contributed by atoms with Gasteiger partial charge in [0.05, 0.1) is 9.40 Å². The molecule has 0 fully saturated rings. The lowest BCUT2D eigenvalue weighted by Crippen LogP contribution is -1.88. The van der Waals surface area contributed by atoms with Crippen molar-refractivity contribution in [3.63, 3.8) is 0 Å². The SMILES string of the molecule is O=[N+]([O-])c1cc2scc(F)c2cc1Br. The molecule has 2 aromatic rings. The number of nitrogens with zero attached hydrogens (tertiary/aromatic N) is 1. The van der Waals surface area contributed by atoms with Crippen molar-refractivity contribution in [3.8, 4) is 0 Å². The van der Waals surface area contributed by atoms with Crippen LogP contribution in [0.5, 0.6) is 0 Å². The summed E-state index contributed by atoms with van der Waals surface area (Å²) in [7, 11) is 0. The van der Waals surface area contributed by atoms with Gasteiger partial charge < -0.3 is 0 Å². The van der Waals surface area contributed by atoms with Crippen molar-refractivity contribution in [2.24, 2.45) is 0 Å². The third kappa shape index (κ3) is 1.40. The maximum atomic E-state index is 13.1. The molecule has 1 heterocycles. The molecule has 0 amide bonds. The van der Waals surface area contributed by atoms with Gasteiger partial charge in [0.2, 0.25) is 0 Å². The molecule has 0 aliphatic rings. The number of halogens is 2. The molecule has 0 aliphatic carbocycles. The van der Waals surface area contributed by atoms with Crippen LogP contribution in [0.1, 0.15) is 0 Å². The van der Waals surface area contributed by atoms with Gasteiger partial charge in [0.15, 0.2) is 0 Å². The van der Waals surface area contributed by atoms with Crippen molar-refractivity contribution < 1.29 is 9.31 Å². The highest BCUT2D eigenvalue weighted by Crippen LogP contribution is 2.34. The number of rotatable bonds is 1. The van der Waals surface area contributed by atoms with Crippen molar-refractivity contribution in [2.75, 3.05) is 0 Å². The van der Waals surface area contributed by atoms with Gasteiger partial charge in [-0.05, 0) is 22.0 Å². The molecule has 0 atom stereocenters. The van der Waals surface area contributed by atoms with E-state index in [0.29, 0.717) is 14.6 Å². The standard InChI is InChI=1S/C8H3BrFNO2S/c9-5-1-4-6(10)3-14-8(4)2-7(5)11(12)13/h1-3H. The van der Waals surface area contributed by atoms with Crippen molar-refractivity contribution in [2.45, 2.75) is 0 Å². The number of benzene rings is 1. The molecule has 2 rings (SSSR count). The van der Waals surface area contributed by atoms with Crippen LogP contribution in [0.15, 0.2) is 22.0 Å². The monoisotopic (exact) mass is 275 g/mol. The number of nitro benzene ring substituents is 1. The molecule has 0 bridgehead atoms. The molecule has 14 heavy (non-hydrogen) atoms. The van der Waals surface area contributed by atoms with E-state index in [1.165, 1.54) is 17.5 Å². The predicted octanol–water partition coefficient (Wildman–Crippen LogP) is 3.71. The molecule has 72 valence electrons. The third-order valence-corrected chi connectivity index (χ3v) is 3.34. The molecule has 0 radical (unpaired) electrons. The van der Waals surface area contributed by atoms with Crippen molar-refractivity contribution in [1.82, 2.24) is 0 Å². The van der Waals surface area contributed by atoms with Crippen LogP contribution in [0.3, 0.4) is 0 Å². The molecule has 0 saturated carbocycles. The molecule has 1 aromatic heterocycles. The predicted molar refractivity (Wildman–Crippen MR) is 56.1 cm³/mol. The van der Waals surface area contributed by atoms with Gasteiger partial charge in [0, 0.05) is 21.5 Å². The van der Waals surface area contributed by atoms with E-state index in [1.807, 2.05) is 0 Å². The van der Waals surface area contributed by atoms with Gasteiger partial charge >= 0.3 is 0 Å². The average Bonchev–Trinajstić information content (AvgIpc) is 2.46. The van der Waals surface area contributed by atoms with E-state index < -0.39 is 4.92 Å². The zero-order chi connectivity index (χ0) is 10.3. The lowest BCUT2D eigenvalue weighted by atomic mass is 10.2. The Morgan fingerprint density at radius 2 is 2.21 bits per heavy atom. The Labute approximate surface area is 90.4 Å². The Kier molecular flexibility index (Phi) is 2.24. The van der Waals surface area contributed by atoms with Crippen LogP contribution < -0.4 is 0 Å². The Hall–Kier alpha value is -1.01. The highest BCUT2D eigenvalue weighted by atomic mass is 79.9. The van der Waals surface area contributed by atoms with Crippen LogP contribution in [0, 0.1) is 15.9 Å². The fraction of sp³-hybridized carbons (Fsp3) is 0. The van der Waals surface area contributed by atoms with Gasteiger partial charge in [0.25, 0.3) is 5.69 Å². The zero-order valence-corrected chi connectivity index (χ0v) is 9.06. The summed E-state index contributed by atoms with van der Waals surface area (Å²) in [6, 6.07) is 2.80. The van der Waals surface area contributed by atoms with E-state index in [1.54, 1.807) is 0 Å². The van der Waals surface area contributed by atoms with Gasteiger partial charge in [-0.25, -0.2) is 4.39 Å². The fourth-order valence-corrected chi connectivity index (χ4v) is 2.45. The van der Waals surface area contributed by atoms with Crippen LogP contribution in [0.4, 0.5) is 10.1 Å². The Bertz CT molecular complexity index is 525. The number of hydrogen-bond donors (Lipinski definition) is 0. The molecule has 1 aromatic carbocycles. The molecule has 0 N–H and O–H groups in total. The van der Waals surface area contributed by atoms with E-state index in [4.69, 9.17) is 0 Å². The second-order valence-corrected chi connectivity index (χ2v) is 4.41. The minimum absolute atomic E-state index is 0.0423. The average molecular weight is 276 g/mol. The fourth-order valence-electron chi connectivity index (χ4n) is 1.15. The molecular formula is C8H3BrFNO2S. The van der Waals surface area contributed by atoms with E-state index in [-0.39, 0.29) is 11.5 Å². The first-order valence-electron chi connectivity index (χ1n) is 3.60. The Morgan fingerprint density at radius 1 is 1.50 bits per heavy atom. The molecule has 0 unspecified atom stereocenters. The molecular weight excluding hydrogens is 273 g/mol. The summed E-state index contributed by atoms with van der Waals surface area (Å²) in [5.41, 5.74) is -0.0423. The first kappa shape index (κ1) is 9.54. The third-order valence-electron chi connectivity index (χ3n) is 1.79. The number of nitro groups is 1. The number of hydrogen-bond acceptors (Lipinski definition) is 3. The van der Waals surface area contributed by atoms with E-state index in [2.05, 4.69) is 15.9 Å². The summed E-state index contributed by atoms with van der Waals surface area (Å²) < 4.78 is 14.0. The van der Waals surface area contributed by atoms with E-state index in [9.17, 15) is 14.5 Å². The van der Waals surface area contributed by atoms with E-state index in [0.717, 1.165) is 11.3 Å². The minimum Gasteiger partial charge on any atom is -0.258 e. The summed E-state index contributed by atoms with van der Waals surface area (Å²) in [6.45, 7) is 0. The lowest BCUT2D eigenvalue weighted by molar-refractivity contribution is -0.385. The van der Waals surface area contributed by atoms with Crippen LogP contribution in [-0.4, -0.2) is 4.92 Å². The smallest absolute Gasteiger partial charge is 0.258 e. The van der Waals surface area contributed by atoms with Crippen LogP contribution in [-0.2, 0) is 0 Å². The molecule has 0 aliphatic heterocycles. The van der Waals surface area contributed by atoms with Crippen molar-refractivity contribution >= 4 is 43.0 Å². The molecule has 0 spiro atoms. The highest BCUT2D eigenvalue weighted by molar-refractivity contribution is 9.10. The van der Waals surface area contributed by atoms with Crippen molar-refractivity contribution in [3.05, 3.63) is 37.9 Å². The maximum absolute atomic E-state index is 13.1. The number of thiophene rings is 1. The Morgan fingerprint density at radius 3 is 2.86 bits per heavy atom. The minimum atomic E-state index is -0.499.